The largest absolute Gasteiger partial charge is 0.505 e. The smallest absolute Gasteiger partial charge is 0.259 e. The molecule has 0 spiro atoms. The maximum Gasteiger partial charge on any atom is 0.259 e. The molecular weight excluding hydrogens is 338 g/mol. The van der Waals surface area contributed by atoms with Gasteiger partial charge in [-0.1, -0.05) is 62.2 Å². The molecule has 0 saturated carbocycles. The van der Waals surface area contributed by atoms with Crippen LogP contribution in [0.4, 0.5) is 11.4 Å². The van der Waals surface area contributed by atoms with Gasteiger partial charge in [0.1, 0.15) is 5.69 Å². The second-order valence-electron chi connectivity index (χ2n) is 6.33. The van der Waals surface area contributed by atoms with E-state index in [0.29, 0.717) is 17.9 Å². The number of unbranched alkanes of at least 4 members (excludes halogenated alkanes) is 2. The summed E-state index contributed by atoms with van der Waals surface area (Å²) in [5.74, 6) is -0.534. The molecule has 0 aliphatic heterocycles. The minimum Gasteiger partial charge on any atom is -0.505 e. The van der Waals surface area contributed by atoms with Crippen LogP contribution >= 0.6 is 0 Å². The molecule has 138 valence electrons. The molecule has 0 fully saturated rings. The van der Waals surface area contributed by atoms with Gasteiger partial charge in [0.15, 0.2) is 5.75 Å². The van der Waals surface area contributed by atoms with Crippen LogP contribution in [0.2, 0.25) is 0 Å². The van der Waals surface area contributed by atoms with Gasteiger partial charge in [-0.3, -0.25) is 4.79 Å². The van der Waals surface area contributed by atoms with E-state index in [-0.39, 0.29) is 17.2 Å². The SMILES string of the molecule is CCCCCN=Nc1c(O)c(C(=O)Nc2ccccc2)cc2ccccc12. The number of azo groups is 1. The zero-order chi connectivity index (χ0) is 19.1. The van der Waals surface area contributed by atoms with Crippen LogP contribution in [0.3, 0.4) is 0 Å². The molecular formula is C22H23N3O2. The summed E-state index contributed by atoms with van der Waals surface area (Å²) >= 11 is 0. The van der Waals surface area contributed by atoms with Gasteiger partial charge in [-0.2, -0.15) is 10.2 Å². The van der Waals surface area contributed by atoms with Crippen LogP contribution in [0, 0.1) is 0 Å². The number of rotatable bonds is 7. The number of hydrogen-bond acceptors (Lipinski definition) is 4. The van der Waals surface area contributed by atoms with Gasteiger partial charge in [0.25, 0.3) is 5.91 Å². The number of hydrogen-bond donors (Lipinski definition) is 2. The number of aromatic hydroxyl groups is 1. The number of amides is 1. The van der Waals surface area contributed by atoms with E-state index in [9.17, 15) is 9.90 Å². The quantitative estimate of drug-likeness (QED) is 0.396. The number of fused-ring (bicyclic) bond motifs is 1. The molecule has 5 nitrogen and oxygen atoms in total. The lowest BCUT2D eigenvalue weighted by Crippen LogP contribution is -2.12. The van der Waals surface area contributed by atoms with Crippen molar-refractivity contribution in [2.45, 2.75) is 26.2 Å². The lowest BCUT2D eigenvalue weighted by Gasteiger charge is -2.11. The molecule has 1 amide bonds. The fraction of sp³-hybridized carbons (Fsp3) is 0.227. The molecule has 0 aromatic heterocycles. The first-order chi connectivity index (χ1) is 13.2. The zero-order valence-electron chi connectivity index (χ0n) is 15.4. The van der Waals surface area contributed by atoms with Gasteiger partial charge in [-0.25, -0.2) is 0 Å². The monoisotopic (exact) mass is 361 g/mol. The van der Waals surface area contributed by atoms with Crippen molar-refractivity contribution in [2.75, 3.05) is 11.9 Å². The van der Waals surface area contributed by atoms with Gasteiger partial charge in [0.2, 0.25) is 0 Å². The molecule has 3 rings (SSSR count). The highest BCUT2D eigenvalue weighted by molar-refractivity contribution is 6.11. The standard InChI is InChI=1S/C22H23N3O2/c1-2-3-9-14-23-25-20-18-13-8-7-10-16(18)15-19(21(20)26)22(27)24-17-11-5-4-6-12-17/h4-8,10-13,15,26H,2-3,9,14H2,1H3,(H,24,27). The molecule has 0 radical (unpaired) electrons. The van der Waals surface area contributed by atoms with E-state index in [1.807, 2.05) is 42.5 Å². The number of phenols is 1. The van der Waals surface area contributed by atoms with E-state index >= 15 is 0 Å². The summed E-state index contributed by atoms with van der Waals surface area (Å²) in [6.45, 7) is 2.73. The van der Waals surface area contributed by atoms with Crippen molar-refractivity contribution in [2.24, 2.45) is 10.2 Å². The molecule has 2 N–H and O–H groups in total. The van der Waals surface area contributed by atoms with Crippen molar-refractivity contribution in [1.29, 1.82) is 0 Å². The van der Waals surface area contributed by atoms with Gasteiger partial charge in [-0.05, 0) is 30.0 Å². The molecule has 0 bridgehead atoms. The Bertz CT molecular complexity index is 952. The molecule has 3 aromatic rings. The van der Waals surface area contributed by atoms with Crippen LogP contribution in [0.15, 0.2) is 70.9 Å². The predicted molar refractivity (Wildman–Crippen MR) is 109 cm³/mol. The Kier molecular flexibility index (Phi) is 6.15. The fourth-order valence-corrected chi connectivity index (χ4v) is 2.86. The number of nitrogens with one attached hydrogen (secondary N) is 1. The Balaban J connectivity index is 1.96. The Labute approximate surface area is 158 Å². The van der Waals surface area contributed by atoms with Crippen molar-refractivity contribution in [1.82, 2.24) is 0 Å². The summed E-state index contributed by atoms with van der Waals surface area (Å²) < 4.78 is 0. The van der Waals surface area contributed by atoms with Crippen LogP contribution in [0.25, 0.3) is 10.8 Å². The predicted octanol–water partition coefficient (Wildman–Crippen LogP) is 6.07. The summed E-state index contributed by atoms with van der Waals surface area (Å²) in [5, 5.41) is 23.6. The average molecular weight is 361 g/mol. The first kappa shape index (κ1) is 18.6. The van der Waals surface area contributed by atoms with Gasteiger partial charge >= 0.3 is 0 Å². The number of nitrogens with zero attached hydrogens (tertiary/aromatic N) is 2. The first-order valence-corrected chi connectivity index (χ1v) is 9.19. The summed E-state index contributed by atoms with van der Waals surface area (Å²) in [4.78, 5) is 12.7. The van der Waals surface area contributed by atoms with Crippen molar-refractivity contribution in [3.8, 4) is 5.75 Å². The maximum atomic E-state index is 12.7. The van der Waals surface area contributed by atoms with Crippen molar-refractivity contribution in [3.63, 3.8) is 0 Å². The third-order valence-electron chi connectivity index (χ3n) is 4.30. The van der Waals surface area contributed by atoms with Crippen LogP contribution in [0.5, 0.6) is 5.75 Å². The number of benzene rings is 3. The van der Waals surface area contributed by atoms with Gasteiger partial charge in [-0.15, -0.1) is 0 Å². The van der Waals surface area contributed by atoms with Gasteiger partial charge in [0, 0.05) is 11.1 Å². The Morgan fingerprint density at radius 2 is 1.78 bits per heavy atom. The molecule has 0 aliphatic rings. The molecule has 3 aromatic carbocycles. The van der Waals surface area contributed by atoms with E-state index in [2.05, 4.69) is 22.5 Å². The number of carbonyl (C=O) groups excluding carboxylic acids is 1. The molecule has 0 atom stereocenters. The zero-order valence-corrected chi connectivity index (χ0v) is 15.4. The highest BCUT2D eigenvalue weighted by atomic mass is 16.3. The normalized spacial score (nSPS) is 11.1. The van der Waals surface area contributed by atoms with E-state index in [4.69, 9.17) is 0 Å². The highest BCUT2D eigenvalue weighted by Crippen LogP contribution is 2.39. The second kappa shape index (κ2) is 8.94. The summed E-state index contributed by atoms with van der Waals surface area (Å²) in [6, 6.07) is 18.4. The van der Waals surface area contributed by atoms with Crippen LogP contribution < -0.4 is 5.32 Å². The van der Waals surface area contributed by atoms with Crippen LogP contribution in [0.1, 0.15) is 36.5 Å². The van der Waals surface area contributed by atoms with Gasteiger partial charge in [0.05, 0.1) is 12.1 Å². The lowest BCUT2D eigenvalue weighted by molar-refractivity contribution is 0.102. The molecule has 5 heteroatoms. The Hall–Kier alpha value is -3.21. The van der Waals surface area contributed by atoms with E-state index in [0.717, 1.165) is 30.0 Å². The van der Waals surface area contributed by atoms with E-state index < -0.39 is 0 Å². The van der Waals surface area contributed by atoms with Crippen molar-refractivity contribution < 1.29 is 9.90 Å². The van der Waals surface area contributed by atoms with Crippen LogP contribution in [-0.2, 0) is 0 Å². The third-order valence-corrected chi connectivity index (χ3v) is 4.30. The maximum absolute atomic E-state index is 12.7. The Morgan fingerprint density at radius 3 is 2.56 bits per heavy atom. The van der Waals surface area contributed by atoms with Crippen molar-refractivity contribution in [3.05, 3.63) is 66.2 Å². The number of carbonyl (C=O) groups is 1. The second-order valence-corrected chi connectivity index (χ2v) is 6.33. The summed E-state index contributed by atoms with van der Waals surface area (Å²) in [7, 11) is 0. The van der Waals surface area contributed by atoms with Crippen LogP contribution in [-0.4, -0.2) is 17.6 Å². The summed E-state index contributed by atoms with van der Waals surface area (Å²) in [5.41, 5.74) is 1.18. The number of anilines is 1. The highest BCUT2D eigenvalue weighted by Gasteiger charge is 2.18. The van der Waals surface area contributed by atoms with Gasteiger partial charge < -0.3 is 10.4 Å². The first-order valence-electron chi connectivity index (χ1n) is 9.19. The molecule has 0 unspecified atom stereocenters. The summed E-state index contributed by atoms with van der Waals surface area (Å²) in [6.07, 6.45) is 3.15. The molecule has 0 saturated heterocycles. The molecule has 27 heavy (non-hydrogen) atoms. The van der Waals surface area contributed by atoms with E-state index in [1.54, 1.807) is 18.2 Å². The average Bonchev–Trinajstić information content (AvgIpc) is 2.69. The lowest BCUT2D eigenvalue weighted by atomic mass is 10.0. The minimum atomic E-state index is -0.383. The molecule has 0 heterocycles. The Morgan fingerprint density at radius 1 is 1.04 bits per heavy atom. The molecule has 0 aliphatic carbocycles. The third kappa shape index (κ3) is 4.50. The minimum absolute atomic E-state index is 0.152. The number of para-hydroxylation sites is 1. The fourth-order valence-electron chi connectivity index (χ4n) is 2.86. The van der Waals surface area contributed by atoms with Crippen molar-refractivity contribution >= 4 is 28.1 Å². The number of phenolic OH excluding ortho intramolecular Hbond substituents is 1. The van der Waals surface area contributed by atoms with E-state index in [1.165, 1.54) is 0 Å². The topological polar surface area (TPSA) is 74.0 Å².